The van der Waals surface area contributed by atoms with Gasteiger partial charge in [-0.2, -0.15) is 0 Å². The first-order valence-electron chi connectivity index (χ1n) is 5.22. The van der Waals surface area contributed by atoms with Crippen molar-refractivity contribution in [2.75, 3.05) is 13.1 Å². The van der Waals surface area contributed by atoms with Gasteiger partial charge in [-0.3, -0.25) is 4.79 Å². The van der Waals surface area contributed by atoms with Crippen LogP contribution in [0.2, 0.25) is 0 Å². The molecule has 1 saturated heterocycles. The Labute approximate surface area is 85.6 Å². The molecule has 1 atom stereocenters. The van der Waals surface area contributed by atoms with Crippen LogP contribution in [0.1, 0.15) is 32.6 Å². The highest BCUT2D eigenvalue weighted by Crippen LogP contribution is 2.05. The minimum Gasteiger partial charge on any atom is -0.356 e. The second kappa shape index (κ2) is 6.44. The van der Waals surface area contributed by atoms with Crippen LogP contribution in [0.25, 0.3) is 0 Å². The standard InChI is InChI=1S/C11H18N2O/c1-2-3-4-7-12-10-6-5-8-13-11(14)9-10/h10,12H,4-9H2,1H3,(H,13,14). The van der Waals surface area contributed by atoms with E-state index in [4.69, 9.17) is 0 Å². The summed E-state index contributed by atoms with van der Waals surface area (Å²) in [6.45, 7) is 3.56. The lowest BCUT2D eigenvalue weighted by atomic mass is 10.1. The van der Waals surface area contributed by atoms with Crippen molar-refractivity contribution in [3.8, 4) is 11.8 Å². The minimum absolute atomic E-state index is 0.168. The number of hydrogen-bond acceptors (Lipinski definition) is 2. The number of carbonyl (C=O) groups is 1. The summed E-state index contributed by atoms with van der Waals surface area (Å²) >= 11 is 0. The van der Waals surface area contributed by atoms with Gasteiger partial charge in [0.2, 0.25) is 5.91 Å². The van der Waals surface area contributed by atoms with Gasteiger partial charge >= 0.3 is 0 Å². The molecule has 2 N–H and O–H groups in total. The quantitative estimate of drug-likeness (QED) is 0.512. The van der Waals surface area contributed by atoms with Crippen LogP contribution in [-0.2, 0) is 4.79 Å². The Bertz CT molecular complexity index is 239. The molecule has 3 nitrogen and oxygen atoms in total. The zero-order valence-electron chi connectivity index (χ0n) is 8.73. The summed E-state index contributed by atoms with van der Waals surface area (Å²) in [7, 11) is 0. The number of hydrogen-bond donors (Lipinski definition) is 2. The molecule has 0 aliphatic carbocycles. The molecule has 1 fully saturated rings. The van der Waals surface area contributed by atoms with Crippen molar-refractivity contribution in [1.82, 2.24) is 10.6 Å². The molecule has 14 heavy (non-hydrogen) atoms. The van der Waals surface area contributed by atoms with Gasteiger partial charge < -0.3 is 10.6 Å². The molecule has 1 amide bonds. The summed E-state index contributed by atoms with van der Waals surface area (Å²) < 4.78 is 0. The molecule has 78 valence electrons. The highest BCUT2D eigenvalue weighted by Gasteiger charge is 2.15. The fourth-order valence-corrected chi connectivity index (χ4v) is 1.61. The third kappa shape index (κ3) is 4.29. The number of nitrogens with one attached hydrogen (secondary N) is 2. The summed E-state index contributed by atoms with van der Waals surface area (Å²) in [4.78, 5) is 11.2. The first-order chi connectivity index (χ1) is 6.83. The molecule has 0 aromatic heterocycles. The molecule has 0 saturated carbocycles. The Hall–Kier alpha value is -1.01. The maximum atomic E-state index is 11.2. The molecule has 0 aromatic carbocycles. The van der Waals surface area contributed by atoms with Gasteiger partial charge in [-0.25, -0.2) is 0 Å². The highest BCUT2D eigenvalue weighted by molar-refractivity contribution is 5.76. The summed E-state index contributed by atoms with van der Waals surface area (Å²) in [6, 6.07) is 0.344. The third-order valence-corrected chi connectivity index (χ3v) is 2.34. The van der Waals surface area contributed by atoms with E-state index >= 15 is 0 Å². The number of amides is 1. The molecule has 0 radical (unpaired) electrons. The van der Waals surface area contributed by atoms with Crippen LogP contribution in [0.4, 0.5) is 0 Å². The van der Waals surface area contributed by atoms with E-state index in [2.05, 4.69) is 22.5 Å². The molecule has 0 bridgehead atoms. The lowest BCUT2D eigenvalue weighted by Gasteiger charge is -2.13. The van der Waals surface area contributed by atoms with Gasteiger partial charge in [0.25, 0.3) is 0 Å². The average Bonchev–Trinajstić information content (AvgIpc) is 2.38. The largest absolute Gasteiger partial charge is 0.356 e. The van der Waals surface area contributed by atoms with Gasteiger partial charge in [-0.1, -0.05) is 0 Å². The van der Waals surface area contributed by atoms with Gasteiger partial charge in [0, 0.05) is 32.0 Å². The molecule has 1 heterocycles. The number of carbonyl (C=O) groups excluding carboxylic acids is 1. The molecule has 3 heteroatoms. The summed E-state index contributed by atoms with van der Waals surface area (Å²) in [6.07, 6.45) is 3.63. The Kier molecular flexibility index (Phi) is 5.09. The Balaban J connectivity index is 2.20. The van der Waals surface area contributed by atoms with Crippen molar-refractivity contribution < 1.29 is 4.79 Å². The van der Waals surface area contributed by atoms with E-state index in [-0.39, 0.29) is 5.91 Å². The van der Waals surface area contributed by atoms with E-state index in [1.54, 1.807) is 0 Å². The van der Waals surface area contributed by atoms with Crippen LogP contribution in [-0.4, -0.2) is 25.0 Å². The zero-order chi connectivity index (χ0) is 10.2. The van der Waals surface area contributed by atoms with Crippen LogP contribution >= 0.6 is 0 Å². The molecule has 1 unspecified atom stereocenters. The zero-order valence-corrected chi connectivity index (χ0v) is 8.73. The lowest BCUT2D eigenvalue weighted by molar-refractivity contribution is -0.121. The van der Waals surface area contributed by atoms with Crippen LogP contribution < -0.4 is 10.6 Å². The van der Waals surface area contributed by atoms with Crippen molar-refractivity contribution in [2.24, 2.45) is 0 Å². The second-order valence-electron chi connectivity index (χ2n) is 3.52. The van der Waals surface area contributed by atoms with Crippen molar-refractivity contribution in [1.29, 1.82) is 0 Å². The molecule has 1 rings (SSSR count). The Morgan fingerprint density at radius 1 is 1.64 bits per heavy atom. The second-order valence-corrected chi connectivity index (χ2v) is 3.52. The van der Waals surface area contributed by atoms with Gasteiger partial charge in [0.1, 0.15) is 0 Å². The van der Waals surface area contributed by atoms with Gasteiger partial charge in [-0.05, 0) is 19.8 Å². The van der Waals surface area contributed by atoms with Crippen LogP contribution in [0, 0.1) is 11.8 Å². The summed E-state index contributed by atoms with van der Waals surface area (Å²) in [5.74, 6) is 6.03. The monoisotopic (exact) mass is 194 g/mol. The smallest absolute Gasteiger partial charge is 0.221 e. The van der Waals surface area contributed by atoms with Crippen molar-refractivity contribution in [2.45, 2.75) is 38.6 Å². The minimum atomic E-state index is 0.168. The van der Waals surface area contributed by atoms with Gasteiger partial charge in [-0.15, -0.1) is 11.8 Å². The van der Waals surface area contributed by atoms with E-state index in [1.165, 1.54) is 0 Å². The maximum absolute atomic E-state index is 11.2. The summed E-state index contributed by atoms with van der Waals surface area (Å²) in [5, 5.41) is 6.23. The van der Waals surface area contributed by atoms with Crippen molar-refractivity contribution in [3.63, 3.8) is 0 Å². The van der Waals surface area contributed by atoms with Crippen LogP contribution in [0.15, 0.2) is 0 Å². The molecule has 0 aromatic rings. The van der Waals surface area contributed by atoms with Gasteiger partial charge in [0.15, 0.2) is 0 Å². The molecular formula is C11H18N2O. The van der Waals surface area contributed by atoms with E-state index in [9.17, 15) is 4.79 Å². The lowest BCUT2D eigenvalue weighted by Crippen LogP contribution is -2.32. The highest BCUT2D eigenvalue weighted by atomic mass is 16.1. The maximum Gasteiger partial charge on any atom is 0.221 e. The Morgan fingerprint density at radius 3 is 3.29 bits per heavy atom. The molecular weight excluding hydrogens is 176 g/mol. The fourth-order valence-electron chi connectivity index (χ4n) is 1.61. The van der Waals surface area contributed by atoms with E-state index in [1.807, 2.05) is 6.92 Å². The third-order valence-electron chi connectivity index (χ3n) is 2.34. The van der Waals surface area contributed by atoms with Gasteiger partial charge in [0.05, 0.1) is 0 Å². The first kappa shape index (κ1) is 11.1. The van der Waals surface area contributed by atoms with Crippen molar-refractivity contribution in [3.05, 3.63) is 0 Å². The molecule has 0 spiro atoms. The molecule has 1 aliphatic heterocycles. The van der Waals surface area contributed by atoms with Crippen molar-refractivity contribution >= 4 is 5.91 Å². The van der Waals surface area contributed by atoms with E-state index < -0.39 is 0 Å². The number of rotatable bonds is 3. The van der Waals surface area contributed by atoms with E-state index in [0.717, 1.165) is 32.4 Å². The predicted octanol–water partition coefficient (Wildman–Crippen LogP) is 0.658. The SMILES string of the molecule is CC#CCCNC1CCCNC(=O)C1. The van der Waals surface area contributed by atoms with Crippen LogP contribution in [0.5, 0.6) is 0 Å². The molecule has 1 aliphatic rings. The first-order valence-corrected chi connectivity index (χ1v) is 5.22. The Morgan fingerprint density at radius 2 is 2.50 bits per heavy atom. The average molecular weight is 194 g/mol. The topological polar surface area (TPSA) is 41.1 Å². The normalized spacial score (nSPS) is 21.8. The summed E-state index contributed by atoms with van der Waals surface area (Å²) in [5.41, 5.74) is 0. The van der Waals surface area contributed by atoms with Crippen LogP contribution in [0.3, 0.4) is 0 Å². The predicted molar refractivity (Wildman–Crippen MR) is 56.7 cm³/mol. The van der Waals surface area contributed by atoms with E-state index in [0.29, 0.717) is 12.5 Å². The fraction of sp³-hybridized carbons (Fsp3) is 0.727.